The smallest absolute Gasteiger partial charge is 0.0665 e. The highest BCUT2D eigenvalue weighted by Gasteiger charge is 2.35. The van der Waals surface area contributed by atoms with E-state index >= 15 is 0 Å². The zero-order chi connectivity index (χ0) is 10.9. The maximum absolute atomic E-state index is 9.65. The molecule has 1 unspecified atom stereocenters. The molecule has 84 valence electrons. The summed E-state index contributed by atoms with van der Waals surface area (Å²) in [5.74, 6) is 1.46. The molecule has 0 amide bonds. The standard InChI is InChI=1S/C12H25NO/c1-8(2)10-6-11(9(3)14)13-12(4,5)7-10/h8-11,13-14H,6-7H2,1-5H3/t9-,10?,11-/m0/s1. The van der Waals surface area contributed by atoms with Crippen LogP contribution in [0.5, 0.6) is 0 Å². The lowest BCUT2D eigenvalue weighted by Gasteiger charge is -2.44. The Hall–Kier alpha value is -0.0800. The third kappa shape index (κ3) is 2.96. The molecule has 0 aromatic carbocycles. The van der Waals surface area contributed by atoms with Crippen LogP contribution < -0.4 is 5.32 Å². The fraction of sp³-hybridized carbons (Fsp3) is 1.00. The Bertz CT molecular complexity index is 169. The quantitative estimate of drug-likeness (QED) is 0.714. The van der Waals surface area contributed by atoms with E-state index in [0.717, 1.165) is 18.3 Å². The van der Waals surface area contributed by atoms with E-state index in [-0.39, 0.29) is 17.7 Å². The van der Waals surface area contributed by atoms with Gasteiger partial charge >= 0.3 is 0 Å². The molecule has 1 saturated heterocycles. The molecule has 1 rings (SSSR count). The summed E-state index contributed by atoms with van der Waals surface area (Å²) >= 11 is 0. The number of aliphatic hydroxyl groups excluding tert-OH is 1. The average Bonchev–Trinajstić information content (AvgIpc) is 2.01. The highest BCUT2D eigenvalue weighted by atomic mass is 16.3. The summed E-state index contributed by atoms with van der Waals surface area (Å²) in [5.41, 5.74) is 0.175. The van der Waals surface area contributed by atoms with Crippen molar-refractivity contribution in [1.82, 2.24) is 5.32 Å². The summed E-state index contributed by atoms with van der Waals surface area (Å²) in [4.78, 5) is 0. The van der Waals surface area contributed by atoms with E-state index in [1.807, 2.05) is 6.92 Å². The lowest BCUT2D eigenvalue weighted by atomic mass is 9.75. The minimum absolute atomic E-state index is 0.175. The molecule has 3 atom stereocenters. The van der Waals surface area contributed by atoms with Crippen LogP contribution in [0.25, 0.3) is 0 Å². The van der Waals surface area contributed by atoms with Gasteiger partial charge in [-0.2, -0.15) is 0 Å². The van der Waals surface area contributed by atoms with Crippen molar-refractivity contribution in [3.63, 3.8) is 0 Å². The van der Waals surface area contributed by atoms with E-state index in [2.05, 4.69) is 33.0 Å². The van der Waals surface area contributed by atoms with Crippen LogP contribution in [0.15, 0.2) is 0 Å². The second-order valence-corrected chi connectivity index (χ2v) is 5.82. The molecule has 2 heteroatoms. The summed E-state index contributed by atoms with van der Waals surface area (Å²) < 4.78 is 0. The third-order valence-electron chi connectivity index (χ3n) is 3.43. The lowest BCUT2D eigenvalue weighted by molar-refractivity contribution is 0.0617. The first-order valence-electron chi connectivity index (χ1n) is 5.77. The SMILES string of the molecule is CC(C)C1C[C@@H]([C@H](C)O)NC(C)(C)C1. The summed E-state index contributed by atoms with van der Waals surface area (Å²) in [5, 5.41) is 13.2. The van der Waals surface area contributed by atoms with Crippen LogP contribution >= 0.6 is 0 Å². The van der Waals surface area contributed by atoms with E-state index in [9.17, 15) is 5.11 Å². The highest BCUT2D eigenvalue weighted by Crippen LogP contribution is 2.32. The Morgan fingerprint density at radius 1 is 1.29 bits per heavy atom. The van der Waals surface area contributed by atoms with Gasteiger partial charge in [0.25, 0.3) is 0 Å². The minimum atomic E-state index is -0.240. The molecular weight excluding hydrogens is 174 g/mol. The van der Waals surface area contributed by atoms with Gasteiger partial charge < -0.3 is 10.4 Å². The van der Waals surface area contributed by atoms with Gasteiger partial charge in [-0.05, 0) is 45.4 Å². The molecule has 2 nitrogen and oxygen atoms in total. The summed E-state index contributed by atoms with van der Waals surface area (Å²) in [6, 6.07) is 0.270. The Morgan fingerprint density at radius 3 is 2.29 bits per heavy atom. The Morgan fingerprint density at radius 2 is 1.86 bits per heavy atom. The molecule has 1 fully saturated rings. The van der Waals surface area contributed by atoms with Gasteiger partial charge in [-0.3, -0.25) is 0 Å². The third-order valence-corrected chi connectivity index (χ3v) is 3.43. The number of hydrogen-bond donors (Lipinski definition) is 2. The summed E-state index contributed by atoms with van der Waals surface area (Å²) in [7, 11) is 0. The van der Waals surface area contributed by atoms with Crippen molar-refractivity contribution in [1.29, 1.82) is 0 Å². The van der Waals surface area contributed by atoms with Gasteiger partial charge in [0, 0.05) is 11.6 Å². The Kier molecular flexibility index (Phi) is 3.59. The lowest BCUT2D eigenvalue weighted by Crippen LogP contribution is -2.56. The first-order valence-corrected chi connectivity index (χ1v) is 5.77. The normalized spacial score (nSPS) is 34.5. The Labute approximate surface area is 88.1 Å². The fourth-order valence-electron chi connectivity index (χ4n) is 2.51. The second-order valence-electron chi connectivity index (χ2n) is 5.82. The number of aliphatic hydroxyl groups is 1. The molecule has 0 aromatic rings. The zero-order valence-corrected chi connectivity index (χ0v) is 10.2. The molecule has 1 aliphatic rings. The molecule has 0 spiro atoms. The molecule has 0 aliphatic carbocycles. The molecule has 14 heavy (non-hydrogen) atoms. The van der Waals surface area contributed by atoms with E-state index < -0.39 is 0 Å². The predicted octanol–water partition coefficient (Wildman–Crippen LogP) is 2.17. The van der Waals surface area contributed by atoms with Crippen LogP contribution in [0.4, 0.5) is 0 Å². The largest absolute Gasteiger partial charge is 0.392 e. The molecule has 0 aromatic heterocycles. The summed E-state index contributed by atoms with van der Waals surface area (Å²) in [6.45, 7) is 10.9. The second kappa shape index (κ2) is 4.19. The zero-order valence-electron chi connectivity index (χ0n) is 10.2. The molecule has 2 N–H and O–H groups in total. The van der Waals surface area contributed by atoms with Gasteiger partial charge in [0.05, 0.1) is 6.10 Å². The Balaban J connectivity index is 2.67. The highest BCUT2D eigenvalue weighted by molar-refractivity contribution is 4.94. The number of piperidine rings is 1. The van der Waals surface area contributed by atoms with Crippen molar-refractivity contribution in [2.45, 2.75) is 65.1 Å². The van der Waals surface area contributed by atoms with Crippen molar-refractivity contribution >= 4 is 0 Å². The monoisotopic (exact) mass is 199 g/mol. The molecule has 0 radical (unpaired) electrons. The average molecular weight is 199 g/mol. The van der Waals surface area contributed by atoms with Gasteiger partial charge in [0.2, 0.25) is 0 Å². The van der Waals surface area contributed by atoms with Crippen molar-refractivity contribution in [3.05, 3.63) is 0 Å². The van der Waals surface area contributed by atoms with Crippen LogP contribution in [-0.2, 0) is 0 Å². The van der Waals surface area contributed by atoms with Crippen LogP contribution in [0, 0.1) is 11.8 Å². The van der Waals surface area contributed by atoms with E-state index in [1.54, 1.807) is 0 Å². The van der Waals surface area contributed by atoms with Crippen LogP contribution in [0.3, 0.4) is 0 Å². The van der Waals surface area contributed by atoms with Crippen molar-refractivity contribution in [3.8, 4) is 0 Å². The number of hydrogen-bond acceptors (Lipinski definition) is 2. The molecule has 0 bridgehead atoms. The van der Waals surface area contributed by atoms with Crippen molar-refractivity contribution < 1.29 is 5.11 Å². The van der Waals surface area contributed by atoms with Crippen LogP contribution in [-0.4, -0.2) is 22.8 Å². The maximum atomic E-state index is 9.65. The maximum Gasteiger partial charge on any atom is 0.0665 e. The van der Waals surface area contributed by atoms with E-state index in [4.69, 9.17) is 0 Å². The van der Waals surface area contributed by atoms with Gasteiger partial charge in [-0.1, -0.05) is 13.8 Å². The molecule has 0 saturated carbocycles. The fourth-order valence-corrected chi connectivity index (χ4v) is 2.51. The van der Waals surface area contributed by atoms with Gasteiger partial charge in [-0.25, -0.2) is 0 Å². The van der Waals surface area contributed by atoms with Crippen LogP contribution in [0.1, 0.15) is 47.5 Å². The minimum Gasteiger partial charge on any atom is -0.392 e. The molecular formula is C12H25NO. The van der Waals surface area contributed by atoms with Crippen LogP contribution in [0.2, 0.25) is 0 Å². The van der Waals surface area contributed by atoms with Crippen molar-refractivity contribution in [2.24, 2.45) is 11.8 Å². The molecule has 1 aliphatic heterocycles. The van der Waals surface area contributed by atoms with Gasteiger partial charge in [0.1, 0.15) is 0 Å². The molecule has 1 heterocycles. The van der Waals surface area contributed by atoms with Gasteiger partial charge in [-0.15, -0.1) is 0 Å². The van der Waals surface area contributed by atoms with Gasteiger partial charge in [0.15, 0.2) is 0 Å². The number of rotatable bonds is 2. The van der Waals surface area contributed by atoms with Crippen molar-refractivity contribution in [2.75, 3.05) is 0 Å². The topological polar surface area (TPSA) is 32.3 Å². The number of nitrogens with one attached hydrogen (secondary N) is 1. The first-order chi connectivity index (χ1) is 6.32. The summed E-state index contributed by atoms with van der Waals surface area (Å²) in [6.07, 6.45) is 2.09. The predicted molar refractivity (Wildman–Crippen MR) is 60.2 cm³/mol. The van der Waals surface area contributed by atoms with E-state index in [1.165, 1.54) is 6.42 Å². The van der Waals surface area contributed by atoms with E-state index in [0.29, 0.717) is 0 Å². The first kappa shape index (κ1) is 12.0.